The van der Waals surface area contributed by atoms with Gasteiger partial charge in [-0.3, -0.25) is 4.90 Å². The van der Waals surface area contributed by atoms with Crippen molar-refractivity contribution >= 4 is 11.6 Å². The zero-order valence-corrected chi connectivity index (χ0v) is 8.62. The molecule has 1 rings (SSSR count). The minimum Gasteiger partial charge on any atom is -0.379 e. The number of aliphatic hydroxyl groups excluding tert-OH is 1. The fraction of sp³-hybridized carbons (Fsp3) is 0.400. The molecule has 0 aromatic heterocycles. The van der Waals surface area contributed by atoms with Gasteiger partial charge in [0.15, 0.2) is 0 Å². The molecule has 0 spiro atoms. The van der Waals surface area contributed by atoms with Crippen LogP contribution in [0.1, 0.15) is 12.5 Å². The van der Waals surface area contributed by atoms with Crippen molar-refractivity contribution in [1.82, 2.24) is 4.90 Å². The van der Waals surface area contributed by atoms with Crippen LogP contribution in [0.5, 0.6) is 0 Å². The van der Waals surface area contributed by atoms with E-state index >= 15 is 0 Å². The lowest BCUT2D eigenvalue weighted by atomic mass is 10.2. The summed E-state index contributed by atoms with van der Waals surface area (Å²) in [5, 5.41) is 9.98. The third kappa shape index (κ3) is 3.35. The van der Waals surface area contributed by atoms with Gasteiger partial charge < -0.3 is 5.11 Å². The Kier molecular flexibility index (Phi) is 3.72. The van der Waals surface area contributed by atoms with Crippen molar-refractivity contribution in [3.05, 3.63) is 34.9 Å². The van der Waals surface area contributed by atoms with Crippen molar-refractivity contribution in [3.63, 3.8) is 0 Å². The fourth-order valence-electron chi connectivity index (χ4n) is 1.01. The van der Waals surface area contributed by atoms with E-state index in [1.54, 1.807) is 6.92 Å². The highest BCUT2D eigenvalue weighted by Gasteiger charge is 2.04. The molecule has 0 heterocycles. The Labute approximate surface area is 83.7 Å². The third-order valence-corrected chi connectivity index (χ3v) is 2.24. The molecule has 13 heavy (non-hydrogen) atoms. The van der Waals surface area contributed by atoms with Gasteiger partial charge in [0.25, 0.3) is 0 Å². The van der Waals surface area contributed by atoms with Gasteiger partial charge in [-0.25, -0.2) is 0 Å². The Balaban J connectivity index is 2.59. The molecule has 1 aromatic rings. The third-order valence-electron chi connectivity index (χ3n) is 1.98. The molecule has 0 saturated carbocycles. The first-order valence-electron chi connectivity index (χ1n) is 4.22. The SMILES string of the molecule is CC(O)N(C)Cc1ccc(Cl)cc1. The van der Waals surface area contributed by atoms with Crippen LogP contribution in [0, 0.1) is 0 Å². The van der Waals surface area contributed by atoms with E-state index in [9.17, 15) is 5.11 Å². The lowest BCUT2D eigenvalue weighted by molar-refractivity contribution is 0.0329. The van der Waals surface area contributed by atoms with Crippen LogP contribution < -0.4 is 0 Å². The first-order valence-corrected chi connectivity index (χ1v) is 4.60. The van der Waals surface area contributed by atoms with E-state index in [1.165, 1.54) is 0 Å². The second kappa shape index (κ2) is 4.61. The van der Waals surface area contributed by atoms with Crippen LogP contribution in [0.2, 0.25) is 5.02 Å². The lowest BCUT2D eigenvalue weighted by Crippen LogP contribution is -2.27. The predicted octanol–water partition coefficient (Wildman–Crippen LogP) is 2.11. The van der Waals surface area contributed by atoms with Crippen LogP contribution in [0.15, 0.2) is 24.3 Å². The van der Waals surface area contributed by atoms with Crippen molar-refractivity contribution in [2.24, 2.45) is 0 Å². The molecule has 0 bridgehead atoms. The summed E-state index contributed by atoms with van der Waals surface area (Å²) < 4.78 is 0. The minimum atomic E-state index is -0.421. The number of nitrogens with zero attached hydrogens (tertiary/aromatic N) is 1. The van der Waals surface area contributed by atoms with Crippen LogP contribution >= 0.6 is 11.6 Å². The molecule has 3 heteroatoms. The van der Waals surface area contributed by atoms with Crippen molar-refractivity contribution < 1.29 is 5.11 Å². The van der Waals surface area contributed by atoms with E-state index in [0.717, 1.165) is 17.1 Å². The lowest BCUT2D eigenvalue weighted by Gasteiger charge is -2.19. The van der Waals surface area contributed by atoms with Crippen molar-refractivity contribution in [1.29, 1.82) is 0 Å². The number of hydrogen-bond acceptors (Lipinski definition) is 2. The van der Waals surface area contributed by atoms with Gasteiger partial charge in [0.1, 0.15) is 6.23 Å². The molecule has 1 unspecified atom stereocenters. The van der Waals surface area contributed by atoms with E-state index in [1.807, 2.05) is 36.2 Å². The van der Waals surface area contributed by atoms with Gasteiger partial charge >= 0.3 is 0 Å². The molecule has 1 atom stereocenters. The molecule has 0 saturated heterocycles. The molecule has 72 valence electrons. The Morgan fingerprint density at radius 2 is 1.92 bits per heavy atom. The summed E-state index contributed by atoms with van der Waals surface area (Å²) in [4.78, 5) is 1.85. The minimum absolute atomic E-state index is 0.421. The number of halogens is 1. The normalized spacial score (nSPS) is 13.3. The summed E-state index contributed by atoms with van der Waals surface area (Å²) in [5.74, 6) is 0. The van der Waals surface area contributed by atoms with E-state index in [-0.39, 0.29) is 0 Å². The van der Waals surface area contributed by atoms with Gasteiger partial charge in [0.05, 0.1) is 0 Å². The Morgan fingerprint density at radius 3 is 2.38 bits per heavy atom. The number of aliphatic hydroxyl groups is 1. The van der Waals surface area contributed by atoms with Crippen LogP contribution in [-0.4, -0.2) is 23.3 Å². The Morgan fingerprint density at radius 1 is 1.38 bits per heavy atom. The summed E-state index contributed by atoms with van der Waals surface area (Å²) in [6.45, 7) is 2.48. The second-order valence-electron chi connectivity index (χ2n) is 3.17. The summed E-state index contributed by atoms with van der Waals surface area (Å²) in [6, 6.07) is 7.63. The molecule has 2 nitrogen and oxygen atoms in total. The van der Waals surface area contributed by atoms with E-state index in [2.05, 4.69) is 0 Å². The number of rotatable bonds is 3. The molecule has 0 fully saturated rings. The smallest absolute Gasteiger partial charge is 0.104 e. The van der Waals surface area contributed by atoms with Gasteiger partial charge in [-0.1, -0.05) is 23.7 Å². The van der Waals surface area contributed by atoms with Crippen molar-refractivity contribution in [2.75, 3.05) is 7.05 Å². The number of hydrogen-bond donors (Lipinski definition) is 1. The molecule has 0 aliphatic carbocycles. The zero-order chi connectivity index (χ0) is 9.84. The maximum atomic E-state index is 9.24. The average molecular weight is 200 g/mol. The monoisotopic (exact) mass is 199 g/mol. The molecule has 1 aromatic carbocycles. The Hall–Kier alpha value is -0.570. The molecule has 0 radical (unpaired) electrons. The van der Waals surface area contributed by atoms with Crippen LogP contribution in [0.4, 0.5) is 0 Å². The topological polar surface area (TPSA) is 23.5 Å². The van der Waals surface area contributed by atoms with Crippen molar-refractivity contribution in [3.8, 4) is 0 Å². The fourth-order valence-corrected chi connectivity index (χ4v) is 1.14. The van der Waals surface area contributed by atoms with Gasteiger partial charge in [0.2, 0.25) is 0 Å². The molecular weight excluding hydrogens is 186 g/mol. The van der Waals surface area contributed by atoms with E-state index in [4.69, 9.17) is 11.6 Å². The highest BCUT2D eigenvalue weighted by Crippen LogP contribution is 2.11. The molecular formula is C10H14ClNO. The number of benzene rings is 1. The second-order valence-corrected chi connectivity index (χ2v) is 3.61. The van der Waals surface area contributed by atoms with Crippen molar-refractivity contribution in [2.45, 2.75) is 19.7 Å². The first kappa shape index (κ1) is 10.5. The summed E-state index contributed by atoms with van der Waals surface area (Å²) in [6.07, 6.45) is -0.421. The van der Waals surface area contributed by atoms with Crippen LogP contribution in [-0.2, 0) is 6.54 Å². The van der Waals surface area contributed by atoms with Gasteiger partial charge in [-0.05, 0) is 31.7 Å². The maximum Gasteiger partial charge on any atom is 0.104 e. The molecule has 0 amide bonds. The Bertz CT molecular complexity index is 258. The summed E-state index contributed by atoms with van der Waals surface area (Å²) >= 11 is 5.75. The van der Waals surface area contributed by atoms with Crippen LogP contribution in [0.3, 0.4) is 0 Å². The van der Waals surface area contributed by atoms with Gasteiger partial charge in [0, 0.05) is 11.6 Å². The quantitative estimate of drug-likeness (QED) is 0.754. The van der Waals surface area contributed by atoms with E-state index < -0.39 is 6.23 Å². The average Bonchev–Trinajstić information content (AvgIpc) is 2.08. The predicted molar refractivity (Wildman–Crippen MR) is 54.6 cm³/mol. The van der Waals surface area contributed by atoms with Crippen LogP contribution in [0.25, 0.3) is 0 Å². The standard InChI is InChI=1S/C10H14ClNO/c1-8(13)12(2)7-9-3-5-10(11)6-4-9/h3-6,8,13H,7H2,1-2H3. The largest absolute Gasteiger partial charge is 0.379 e. The molecule has 1 N–H and O–H groups in total. The summed E-state index contributed by atoms with van der Waals surface area (Å²) in [7, 11) is 1.87. The highest BCUT2D eigenvalue weighted by molar-refractivity contribution is 6.30. The van der Waals surface area contributed by atoms with E-state index in [0.29, 0.717) is 0 Å². The summed E-state index contributed by atoms with van der Waals surface area (Å²) in [5.41, 5.74) is 1.15. The maximum absolute atomic E-state index is 9.24. The van der Waals surface area contributed by atoms with Gasteiger partial charge in [-0.2, -0.15) is 0 Å². The molecule has 0 aliphatic heterocycles. The zero-order valence-electron chi connectivity index (χ0n) is 7.87. The highest BCUT2D eigenvalue weighted by atomic mass is 35.5. The van der Waals surface area contributed by atoms with Gasteiger partial charge in [-0.15, -0.1) is 0 Å². The first-order chi connectivity index (χ1) is 6.09. The molecule has 0 aliphatic rings.